The topological polar surface area (TPSA) is 131 Å². The first kappa shape index (κ1) is 28.9. The van der Waals surface area contributed by atoms with E-state index in [1.54, 1.807) is 64.3 Å². The van der Waals surface area contributed by atoms with Crippen molar-refractivity contribution in [2.45, 2.75) is 40.2 Å². The number of phenolic OH excluding ortho intramolecular Hbond substituents is 1. The van der Waals surface area contributed by atoms with Crippen LogP contribution in [0, 0.1) is 0 Å². The lowest BCUT2D eigenvalue weighted by Crippen LogP contribution is -2.39. The molecule has 1 heterocycles. The van der Waals surface area contributed by atoms with Gasteiger partial charge in [0, 0.05) is 20.1 Å². The average Bonchev–Trinajstić information content (AvgIpc) is 3.07. The maximum atomic E-state index is 13.3. The van der Waals surface area contributed by atoms with Crippen molar-refractivity contribution in [3.63, 3.8) is 0 Å². The van der Waals surface area contributed by atoms with E-state index >= 15 is 0 Å². The van der Waals surface area contributed by atoms with Crippen LogP contribution in [0.2, 0.25) is 0 Å². The largest absolute Gasteiger partial charge is 0.505 e. The van der Waals surface area contributed by atoms with Crippen LogP contribution in [0.25, 0.3) is 0 Å². The molecule has 2 aromatic rings. The summed E-state index contributed by atoms with van der Waals surface area (Å²) in [4.78, 5) is 53.3. The fraction of sp³-hybridized carbons (Fsp3) is 0.333. The summed E-state index contributed by atoms with van der Waals surface area (Å²) in [7, 11) is 3.09. The van der Waals surface area contributed by atoms with Gasteiger partial charge in [-0.05, 0) is 38.1 Å². The van der Waals surface area contributed by atoms with E-state index in [0.29, 0.717) is 5.69 Å². The highest BCUT2D eigenvalue weighted by atomic mass is 16.3. The Morgan fingerprint density at radius 2 is 1.54 bits per heavy atom. The van der Waals surface area contributed by atoms with E-state index in [9.17, 15) is 24.3 Å². The Hall–Kier alpha value is -4.34. The van der Waals surface area contributed by atoms with Gasteiger partial charge in [-0.15, -0.1) is 0 Å². The highest BCUT2D eigenvalue weighted by Crippen LogP contribution is 2.32. The third kappa shape index (κ3) is 7.09. The Labute approximate surface area is 217 Å². The average molecular weight is 510 g/mol. The number of nitrogens with one attached hydrogen (secondary N) is 3. The Kier molecular flexibility index (Phi) is 10.2. The summed E-state index contributed by atoms with van der Waals surface area (Å²) in [5.41, 5.74) is 0.149. The lowest BCUT2D eigenvalue weighted by molar-refractivity contribution is -0.120. The van der Waals surface area contributed by atoms with E-state index in [-0.39, 0.29) is 46.9 Å². The minimum absolute atomic E-state index is 0.0260. The van der Waals surface area contributed by atoms with Gasteiger partial charge in [0.2, 0.25) is 5.91 Å². The molecule has 1 aliphatic rings. The second-order valence-electron chi connectivity index (χ2n) is 8.84. The van der Waals surface area contributed by atoms with Crippen molar-refractivity contribution < 1.29 is 24.3 Å². The van der Waals surface area contributed by atoms with Gasteiger partial charge in [-0.25, -0.2) is 4.90 Å². The molecule has 0 unspecified atom stereocenters. The number of benzene rings is 2. The van der Waals surface area contributed by atoms with Gasteiger partial charge in [0.25, 0.3) is 17.7 Å². The van der Waals surface area contributed by atoms with E-state index in [4.69, 9.17) is 0 Å². The number of hydrogen-bond donors (Lipinski definition) is 4. The summed E-state index contributed by atoms with van der Waals surface area (Å²) in [6, 6.07) is 12.7. The smallest absolute Gasteiger partial charge is 0.284 e. The number of carbonyl (C=O) groups excluding carboxylic acids is 4. The Morgan fingerprint density at radius 3 is 2.11 bits per heavy atom. The highest BCUT2D eigenvalue weighted by Gasteiger charge is 2.40. The van der Waals surface area contributed by atoms with Crippen LogP contribution < -0.4 is 20.9 Å². The van der Waals surface area contributed by atoms with Gasteiger partial charge in [-0.3, -0.25) is 19.2 Å². The maximum Gasteiger partial charge on any atom is 0.284 e. The Morgan fingerprint density at radius 1 is 0.946 bits per heavy atom. The molecule has 0 spiro atoms. The Bertz CT molecular complexity index is 1170. The molecule has 0 saturated heterocycles. The van der Waals surface area contributed by atoms with Crippen molar-refractivity contribution in [1.29, 1.82) is 0 Å². The van der Waals surface area contributed by atoms with Crippen LogP contribution in [0.1, 0.15) is 44.5 Å². The van der Waals surface area contributed by atoms with Gasteiger partial charge in [0.1, 0.15) is 11.4 Å². The number of phenols is 1. The minimum Gasteiger partial charge on any atom is -0.505 e. The van der Waals surface area contributed by atoms with Crippen LogP contribution >= 0.6 is 0 Å². The number of anilines is 2. The van der Waals surface area contributed by atoms with Crippen molar-refractivity contribution in [3.05, 3.63) is 65.5 Å². The van der Waals surface area contributed by atoms with Crippen LogP contribution in [0.3, 0.4) is 0 Å². The van der Waals surface area contributed by atoms with Gasteiger partial charge >= 0.3 is 0 Å². The number of para-hydroxylation sites is 2. The molecule has 3 rings (SSSR count). The molecule has 10 heteroatoms. The van der Waals surface area contributed by atoms with Crippen LogP contribution in [0.5, 0.6) is 5.75 Å². The van der Waals surface area contributed by atoms with Crippen molar-refractivity contribution in [3.8, 4) is 5.75 Å². The van der Waals surface area contributed by atoms with E-state index in [1.807, 2.05) is 0 Å². The molecule has 198 valence electrons. The third-order valence-corrected chi connectivity index (χ3v) is 4.91. The normalized spacial score (nSPS) is 12.8. The summed E-state index contributed by atoms with van der Waals surface area (Å²) in [5.74, 6) is -2.49. The highest BCUT2D eigenvalue weighted by molar-refractivity contribution is 6.33. The number of amides is 4. The molecule has 4 N–H and O–H groups in total. The molecule has 0 saturated carbocycles. The first-order valence-corrected chi connectivity index (χ1v) is 12.0. The zero-order chi connectivity index (χ0) is 27.7. The van der Waals surface area contributed by atoms with Crippen LogP contribution in [0.4, 0.5) is 11.4 Å². The SMILES string of the molecule is CC(C)NC(=O)CNC1=C(Nc2cccc(C(=O)N(C)C)c2O)C(=O)N(c2ccccc2)C1=O.CCC. The molecule has 0 atom stereocenters. The molecule has 4 amide bonds. The van der Waals surface area contributed by atoms with Gasteiger partial charge in [0.05, 0.1) is 23.5 Å². The quantitative estimate of drug-likeness (QED) is 0.318. The number of nitrogens with zero attached hydrogens (tertiary/aromatic N) is 2. The van der Waals surface area contributed by atoms with Crippen molar-refractivity contribution >= 4 is 35.0 Å². The molecule has 10 nitrogen and oxygen atoms in total. The number of rotatable bonds is 8. The van der Waals surface area contributed by atoms with E-state index < -0.39 is 17.7 Å². The molecule has 0 bridgehead atoms. The predicted molar refractivity (Wildman–Crippen MR) is 143 cm³/mol. The number of aromatic hydroxyl groups is 1. The zero-order valence-corrected chi connectivity index (χ0v) is 22.1. The fourth-order valence-electron chi connectivity index (χ4n) is 3.36. The number of imide groups is 1. The summed E-state index contributed by atoms with van der Waals surface area (Å²) >= 11 is 0. The predicted octanol–water partition coefficient (Wildman–Crippen LogP) is 2.82. The third-order valence-electron chi connectivity index (χ3n) is 4.91. The van der Waals surface area contributed by atoms with E-state index in [0.717, 1.165) is 4.90 Å². The molecular formula is C27H35N5O5. The molecule has 2 aromatic carbocycles. The van der Waals surface area contributed by atoms with Gasteiger partial charge in [0.15, 0.2) is 5.75 Å². The molecule has 1 aliphatic heterocycles. The van der Waals surface area contributed by atoms with Crippen molar-refractivity contribution in [1.82, 2.24) is 15.5 Å². The van der Waals surface area contributed by atoms with Crippen molar-refractivity contribution in [2.24, 2.45) is 0 Å². The minimum atomic E-state index is -0.674. The van der Waals surface area contributed by atoms with E-state index in [1.165, 1.54) is 23.5 Å². The fourth-order valence-corrected chi connectivity index (χ4v) is 3.36. The second-order valence-corrected chi connectivity index (χ2v) is 8.84. The lowest BCUT2D eigenvalue weighted by atomic mass is 10.1. The standard InChI is InChI=1S/C24H27N5O5.C3H8/c1-14(2)26-18(30)13-25-19-20(24(34)29(23(19)33)15-9-6-5-7-10-15)27-17-12-8-11-16(21(17)31)22(32)28(3)4;1-3-2/h5-12,14,25,27,31H,13H2,1-4H3,(H,26,30);3H2,1-2H3. The van der Waals surface area contributed by atoms with Gasteiger partial charge in [-0.1, -0.05) is 44.5 Å². The monoisotopic (exact) mass is 509 g/mol. The summed E-state index contributed by atoms with van der Waals surface area (Å²) in [6.45, 7) is 7.61. The molecule has 0 aromatic heterocycles. The zero-order valence-electron chi connectivity index (χ0n) is 22.1. The van der Waals surface area contributed by atoms with Crippen LogP contribution in [-0.4, -0.2) is 60.3 Å². The first-order chi connectivity index (χ1) is 17.5. The lowest BCUT2D eigenvalue weighted by Gasteiger charge is -2.16. The summed E-state index contributed by atoms with van der Waals surface area (Å²) in [6.07, 6.45) is 1.25. The molecular weight excluding hydrogens is 474 g/mol. The van der Waals surface area contributed by atoms with Gasteiger partial charge in [-0.2, -0.15) is 0 Å². The first-order valence-electron chi connectivity index (χ1n) is 12.0. The van der Waals surface area contributed by atoms with E-state index in [2.05, 4.69) is 29.8 Å². The Balaban J connectivity index is 0.00000153. The molecule has 37 heavy (non-hydrogen) atoms. The molecule has 0 radical (unpaired) electrons. The summed E-state index contributed by atoms with van der Waals surface area (Å²) in [5, 5.41) is 18.9. The van der Waals surface area contributed by atoms with Crippen LogP contribution in [0.15, 0.2) is 59.9 Å². The maximum absolute atomic E-state index is 13.3. The molecule has 0 aliphatic carbocycles. The van der Waals surface area contributed by atoms with Gasteiger partial charge < -0.3 is 26.0 Å². The van der Waals surface area contributed by atoms with Crippen LogP contribution in [-0.2, 0) is 14.4 Å². The second kappa shape index (κ2) is 13.1. The number of hydrogen-bond acceptors (Lipinski definition) is 7. The number of carbonyl (C=O) groups is 4. The summed E-state index contributed by atoms with van der Waals surface area (Å²) < 4.78 is 0. The molecule has 0 fully saturated rings. The van der Waals surface area contributed by atoms with Crippen molar-refractivity contribution in [2.75, 3.05) is 30.9 Å².